The molecular formula is C25H39FN4O2. The number of ether oxygens (including phenoxy) is 1. The van der Waals surface area contributed by atoms with Crippen LogP contribution in [0.3, 0.4) is 0 Å². The molecule has 6 nitrogen and oxygen atoms in total. The summed E-state index contributed by atoms with van der Waals surface area (Å²) in [6.45, 7) is 7.45. The largest absolute Gasteiger partial charge is 0.381 e. The zero-order valence-corrected chi connectivity index (χ0v) is 19.2. The number of benzene rings is 1. The Kier molecular flexibility index (Phi) is 8.77. The van der Waals surface area contributed by atoms with E-state index in [0.29, 0.717) is 17.8 Å². The SMILES string of the molecule is O=C(NCC1CCOCC1)N[C@H]1CNCC[C@H]1CN1CCCC(Cc2ccc(F)cc2)C1. The zero-order chi connectivity index (χ0) is 22.2. The van der Waals surface area contributed by atoms with Gasteiger partial charge in [-0.1, -0.05) is 12.1 Å². The van der Waals surface area contributed by atoms with Crippen LogP contribution >= 0.6 is 0 Å². The molecule has 3 heterocycles. The first-order valence-electron chi connectivity index (χ1n) is 12.5. The molecule has 0 aromatic heterocycles. The molecule has 1 aromatic rings. The Morgan fingerprint density at radius 2 is 1.94 bits per heavy atom. The third-order valence-electron chi connectivity index (χ3n) is 7.37. The van der Waals surface area contributed by atoms with Gasteiger partial charge in [0.2, 0.25) is 0 Å². The van der Waals surface area contributed by atoms with Crippen molar-refractivity contribution in [3.8, 4) is 0 Å². The minimum Gasteiger partial charge on any atom is -0.381 e. The Morgan fingerprint density at radius 3 is 2.75 bits per heavy atom. The van der Waals surface area contributed by atoms with Crippen LogP contribution in [-0.2, 0) is 11.2 Å². The van der Waals surface area contributed by atoms with Crippen molar-refractivity contribution in [1.29, 1.82) is 0 Å². The van der Waals surface area contributed by atoms with Gasteiger partial charge in [0.1, 0.15) is 5.82 Å². The highest BCUT2D eigenvalue weighted by Crippen LogP contribution is 2.24. The lowest BCUT2D eigenvalue weighted by molar-refractivity contribution is 0.0668. The second-order valence-corrected chi connectivity index (χ2v) is 9.87. The molecule has 3 aliphatic rings. The monoisotopic (exact) mass is 446 g/mol. The predicted molar refractivity (Wildman–Crippen MR) is 124 cm³/mol. The van der Waals surface area contributed by atoms with Crippen molar-refractivity contribution in [2.75, 3.05) is 52.5 Å². The van der Waals surface area contributed by atoms with Crippen molar-refractivity contribution in [1.82, 2.24) is 20.9 Å². The molecule has 0 aliphatic carbocycles. The molecule has 3 atom stereocenters. The average Bonchev–Trinajstić information content (AvgIpc) is 2.81. The van der Waals surface area contributed by atoms with Gasteiger partial charge in [0.25, 0.3) is 0 Å². The third-order valence-corrected chi connectivity index (χ3v) is 7.37. The summed E-state index contributed by atoms with van der Waals surface area (Å²) in [4.78, 5) is 15.1. The van der Waals surface area contributed by atoms with E-state index in [9.17, 15) is 9.18 Å². The van der Waals surface area contributed by atoms with Crippen LogP contribution in [0, 0.1) is 23.6 Å². The normalized spacial score (nSPS) is 27.7. The Labute approximate surface area is 191 Å². The molecule has 3 N–H and O–H groups in total. The molecule has 1 aromatic carbocycles. The fraction of sp³-hybridized carbons (Fsp3) is 0.720. The van der Waals surface area contributed by atoms with Crippen LogP contribution in [0.15, 0.2) is 24.3 Å². The maximum atomic E-state index is 13.2. The number of carbonyl (C=O) groups excluding carboxylic acids is 1. The second-order valence-electron chi connectivity index (χ2n) is 9.87. The molecule has 3 aliphatic heterocycles. The molecule has 0 saturated carbocycles. The van der Waals surface area contributed by atoms with Gasteiger partial charge in [0, 0.05) is 45.4 Å². The number of likely N-dealkylation sites (tertiary alicyclic amines) is 1. The van der Waals surface area contributed by atoms with Crippen molar-refractivity contribution in [2.45, 2.75) is 44.6 Å². The first-order chi connectivity index (χ1) is 15.7. The van der Waals surface area contributed by atoms with Crippen LogP contribution in [-0.4, -0.2) is 69.5 Å². The van der Waals surface area contributed by atoms with E-state index in [1.54, 1.807) is 12.1 Å². The lowest BCUT2D eigenvalue weighted by Gasteiger charge is -2.39. The van der Waals surface area contributed by atoms with Gasteiger partial charge in [-0.25, -0.2) is 9.18 Å². The smallest absolute Gasteiger partial charge is 0.315 e. The van der Waals surface area contributed by atoms with Crippen LogP contribution < -0.4 is 16.0 Å². The van der Waals surface area contributed by atoms with Gasteiger partial charge in [-0.3, -0.25) is 0 Å². The van der Waals surface area contributed by atoms with E-state index < -0.39 is 0 Å². The van der Waals surface area contributed by atoms with Gasteiger partial charge in [-0.05, 0) is 87.1 Å². The molecule has 2 amide bonds. The minimum atomic E-state index is -0.166. The van der Waals surface area contributed by atoms with Gasteiger partial charge < -0.3 is 25.6 Å². The Bertz CT molecular complexity index is 710. The van der Waals surface area contributed by atoms with Crippen molar-refractivity contribution in [2.24, 2.45) is 17.8 Å². The lowest BCUT2D eigenvalue weighted by atomic mass is 9.88. The van der Waals surface area contributed by atoms with Crippen molar-refractivity contribution >= 4 is 6.03 Å². The molecule has 7 heteroatoms. The van der Waals surface area contributed by atoms with E-state index >= 15 is 0 Å². The summed E-state index contributed by atoms with van der Waals surface area (Å²) in [6, 6.07) is 7.08. The summed E-state index contributed by atoms with van der Waals surface area (Å²) in [5, 5.41) is 9.79. The van der Waals surface area contributed by atoms with Crippen molar-refractivity contribution < 1.29 is 13.9 Å². The van der Waals surface area contributed by atoms with Crippen LogP contribution in [0.25, 0.3) is 0 Å². The van der Waals surface area contributed by atoms with E-state index in [1.165, 1.54) is 18.4 Å². The Balaban J connectivity index is 1.23. The topological polar surface area (TPSA) is 65.6 Å². The summed E-state index contributed by atoms with van der Waals surface area (Å²) >= 11 is 0. The van der Waals surface area contributed by atoms with Crippen LogP contribution in [0.5, 0.6) is 0 Å². The highest BCUT2D eigenvalue weighted by Gasteiger charge is 2.30. The zero-order valence-electron chi connectivity index (χ0n) is 19.2. The molecule has 178 valence electrons. The maximum Gasteiger partial charge on any atom is 0.315 e. The van der Waals surface area contributed by atoms with E-state index in [2.05, 4.69) is 20.9 Å². The van der Waals surface area contributed by atoms with Crippen LogP contribution in [0.4, 0.5) is 9.18 Å². The first-order valence-corrected chi connectivity index (χ1v) is 12.5. The van der Waals surface area contributed by atoms with Gasteiger partial charge in [0.05, 0.1) is 0 Å². The third kappa shape index (κ3) is 7.15. The van der Waals surface area contributed by atoms with Gasteiger partial charge in [0.15, 0.2) is 0 Å². The van der Waals surface area contributed by atoms with Crippen LogP contribution in [0.2, 0.25) is 0 Å². The van der Waals surface area contributed by atoms with Gasteiger partial charge >= 0.3 is 6.03 Å². The maximum absolute atomic E-state index is 13.2. The predicted octanol–water partition coefficient (Wildman–Crippen LogP) is 2.78. The summed E-state index contributed by atoms with van der Waals surface area (Å²) < 4.78 is 18.6. The number of carbonyl (C=O) groups is 1. The fourth-order valence-electron chi connectivity index (χ4n) is 5.48. The lowest BCUT2D eigenvalue weighted by Crippen LogP contribution is -2.56. The molecule has 32 heavy (non-hydrogen) atoms. The van der Waals surface area contributed by atoms with Crippen molar-refractivity contribution in [3.05, 3.63) is 35.6 Å². The van der Waals surface area contributed by atoms with Crippen LogP contribution in [0.1, 0.15) is 37.7 Å². The fourth-order valence-corrected chi connectivity index (χ4v) is 5.48. The van der Waals surface area contributed by atoms with Crippen molar-refractivity contribution in [3.63, 3.8) is 0 Å². The highest BCUT2D eigenvalue weighted by atomic mass is 19.1. The number of hydrogen-bond donors (Lipinski definition) is 3. The molecule has 0 radical (unpaired) electrons. The quantitative estimate of drug-likeness (QED) is 0.603. The highest BCUT2D eigenvalue weighted by molar-refractivity contribution is 5.74. The van der Waals surface area contributed by atoms with E-state index in [4.69, 9.17) is 4.74 Å². The van der Waals surface area contributed by atoms with Gasteiger partial charge in [-0.15, -0.1) is 0 Å². The van der Waals surface area contributed by atoms with Gasteiger partial charge in [-0.2, -0.15) is 0 Å². The number of nitrogens with one attached hydrogen (secondary N) is 3. The Morgan fingerprint density at radius 1 is 1.12 bits per heavy atom. The number of nitrogens with zero attached hydrogens (tertiary/aromatic N) is 1. The summed E-state index contributed by atoms with van der Waals surface area (Å²) in [5.41, 5.74) is 1.22. The average molecular weight is 447 g/mol. The van der Waals surface area contributed by atoms with E-state index in [1.807, 2.05) is 12.1 Å². The molecular weight excluding hydrogens is 407 g/mol. The molecule has 3 saturated heterocycles. The standard InChI is InChI=1S/C25H39FN4O2/c26-23-5-3-19(4-6-23)14-21-2-1-11-30(17-21)18-22-7-10-27-16-24(22)29-25(31)28-15-20-8-12-32-13-9-20/h3-6,20-22,24,27H,1-2,7-18H2,(H2,28,29,31)/t21?,22-,24-/m0/s1. The summed E-state index contributed by atoms with van der Waals surface area (Å²) in [5.74, 6) is 1.45. The number of hydrogen-bond acceptors (Lipinski definition) is 4. The molecule has 4 rings (SSSR count). The molecule has 3 fully saturated rings. The number of piperidine rings is 2. The summed E-state index contributed by atoms with van der Waals surface area (Å²) in [6.07, 6.45) is 6.60. The summed E-state index contributed by atoms with van der Waals surface area (Å²) in [7, 11) is 0. The number of amides is 2. The number of urea groups is 1. The van der Waals surface area contributed by atoms with E-state index in [-0.39, 0.29) is 17.9 Å². The first kappa shape index (κ1) is 23.5. The minimum absolute atomic E-state index is 0.0389. The number of halogens is 1. The molecule has 0 spiro atoms. The molecule has 0 bridgehead atoms. The van der Waals surface area contributed by atoms with E-state index in [0.717, 1.165) is 78.2 Å². The number of rotatable bonds is 7. The second kappa shape index (κ2) is 12.0. The Hall–Kier alpha value is -1.70. The molecule has 1 unspecified atom stereocenters.